The van der Waals surface area contributed by atoms with Gasteiger partial charge in [0.05, 0.1) is 13.1 Å². The molecule has 1 heterocycles. The summed E-state index contributed by atoms with van der Waals surface area (Å²) in [5.41, 5.74) is 0. The van der Waals surface area contributed by atoms with Crippen LogP contribution in [0.4, 0.5) is 0 Å². The maximum absolute atomic E-state index is 11.6. The SMILES string of the molecule is C1CCOC1.CC.CCC(=O)CN(C)CCCCO[Si](c1ccccc1)(c1ccccc1)C(C)(C)C.CN(CCCCO[Si](c1ccccc1)(c1ccccc1)C(C)(C)C)CC(=O)O. The first-order chi connectivity index (χ1) is 30.6. The number of hydrogen-bond acceptors (Lipinski definition) is 7. The van der Waals surface area contributed by atoms with Gasteiger partial charge in [0.25, 0.3) is 16.6 Å². The minimum Gasteiger partial charge on any atom is -0.480 e. The smallest absolute Gasteiger partial charge is 0.317 e. The number of aliphatic carboxylic acids is 1. The Morgan fingerprint density at radius 2 is 0.875 bits per heavy atom. The molecule has 0 radical (unpaired) electrons. The number of hydrogen-bond donors (Lipinski definition) is 1. The zero-order valence-electron chi connectivity index (χ0n) is 41.5. The van der Waals surface area contributed by atoms with Gasteiger partial charge >= 0.3 is 5.97 Å². The van der Waals surface area contributed by atoms with Crippen LogP contribution in [-0.2, 0) is 23.2 Å². The van der Waals surface area contributed by atoms with Crippen LogP contribution in [0.15, 0.2) is 121 Å². The summed E-state index contributed by atoms with van der Waals surface area (Å²) in [6.07, 6.45) is 7.03. The molecule has 0 unspecified atom stereocenters. The summed E-state index contributed by atoms with van der Waals surface area (Å²) in [6, 6.07) is 42.8. The fraction of sp³-hybridized carbons (Fsp3) is 0.519. The lowest BCUT2D eigenvalue weighted by Gasteiger charge is -2.43. The van der Waals surface area contributed by atoms with E-state index in [0.717, 1.165) is 58.6 Å². The van der Waals surface area contributed by atoms with E-state index >= 15 is 0 Å². The number of rotatable bonds is 21. The molecule has 8 nitrogen and oxygen atoms in total. The predicted octanol–water partition coefficient (Wildman–Crippen LogP) is 9.44. The first kappa shape index (κ1) is 56.4. The van der Waals surface area contributed by atoms with E-state index in [1.807, 2.05) is 39.8 Å². The maximum atomic E-state index is 11.6. The number of ketones is 1. The van der Waals surface area contributed by atoms with E-state index in [-0.39, 0.29) is 16.6 Å². The quantitative estimate of drug-likeness (QED) is 0.0654. The van der Waals surface area contributed by atoms with Gasteiger partial charge in [0.1, 0.15) is 5.78 Å². The van der Waals surface area contributed by atoms with Crippen molar-refractivity contribution in [2.75, 3.05) is 66.7 Å². The van der Waals surface area contributed by atoms with Gasteiger partial charge in [0.2, 0.25) is 0 Å². The number of carbonyl (C=O) groups is 2. The Morgan fingerprint density at radius 1 is 0.562 bits per heavy atom. The second kappa shape index (κ2) is 29.7. The highest BCUT2D eigenvalue weighted by molar-refractivity contribution is 7.00. The molecule has 64 heavy (non-hydrogen) atoms. The van der Waals surface area contributed by atoms with Crippen LogP contribution in [0.5, 0.6) is 0 Å². The number of ether oxygens (including phenoxy) is 1. The van der Waals surface area contributed by atoms with Gasteiger partial charge in [-0.3, -0.25) is 19.4 Å². The third-order valence-electron chi connectivity index (χ3n) is 11.4. The van der Waals surface area contributed by atoms with Crippen molar-refractivity contribution in [3.63, 3.8) is 0 Å². The van der Waals surface area contributed by atoms with Crippen molar-refractivity contribution in [3.05, 3.63) is 121 Å². The van der Waals surface area contributed by atoms with Gasteiger partial charge in [-0.05, 0) is 96.5 Å². The number of carboxylic acid groups (broad SMARTS) is 1. The van der Waals surface area contributed by atoms with E-state index in [9.17, 15) is 9.59 Å². The molecule has 0 saturated carbocycles. The van der Waals surface area contributed by atoms with Gasteiger partial charge < -0.3 is 18.7 Å². The van der Waals surface area contributed by atoms with Gasteiger partial charge in [-0.1, -0.05) is 184 Å². The van der Waals surface area contributed by atoms with Crippen molar-refractivity contribution in [3.8, 4) is 0 Å². The molecule has 4 aromatic rings. The van der Waals surface area contributed by atoms with Crippen molar-refractivity contribution in [1.82, 2.24) is 9.80 Å². The fourth-order valence-electron chi connectivity index (χ4n) is 8.25. The van der Waals surface area contributed by atoms with Crippen LogP contribution in [-0.4, -0.2) is 110 Å². The summed E-state index contributed by atoms with van der Waals surface area (Å²) in [5, 5.41) is 14.1. The van der Waals surface area contributed by atoms with Crippen molar-refractivity contribution < 1.29 is 28.3 Å². The Bertz CT molecular complexity index is 1730. The standard InChI is InChI=1S/C25H37NO2Si.C23H33NO3Si.C4H8O.C2H6/c1-6-22(27)21-26(5)19-13-14-20-28-29(25(2,3)4,23-15-9-7-10-16-23)24-17-11-8-12-18-24;1-23(2,3)28(20-13-7-5-8-14-20,21-15-9-6-10-16-21)27-18-12-11-17-24(4)19-22(25)26;1-2-4-5-3-1;1-2/h7-12,15-18H,6,13-14,19-21H2,1-5H3;5-10,13-16H,11-12,17-19H2,1-4H3,(H,25,26);1-4H2;1-2H3. The molecule has 0 amide bonds. The number of carboxylic acids is 1. The third-order valence-corrected chi connectivity index (χ3v) is 21.5. The van der Waals surface area contributed by atoms with E-state index in [1.165, 1.54) is 33.6 Å². The molecule has 4 aromatic carbocycles. The summed E-state index contributed by atoms with van der Waals surface area (Å²) >= 11 is 0. The van der Waals surface area contributed by atoms with Crippen LogP contribution in [0.25, 0.3) is 0 Å². The summed E-state index contributed by atoms with van der Waals surface area (Å²) in [7, 11) is -1.02. The van der Waals surface area contributed by atoms with Crippen molar-refractivity contribution in [1.29, 1.82) is 0 Å². The number of likely N-dealkylation sites (N-methyl/N-ethyl adjacent to an activating group) is 2. The monoisotopic (exact) mass is 913 g/mol. The van der Waals surface area contributed by atoms with Crippen LogP contribution in [0, 0.1) is 0 Å². The molecule has 0 aromatic heterocycles. The number of benzene rings is 4. The van der Waals surface area contributed by atoms with Crippen LogP contribution in [0.3, 0.4) is 0 Å². The Kier molecular flexibility index (Phi) is 26.2. The van der Waals surface area contributed by atoms with Gasteiger partial charge in [0, 0.05) is 32.8 Å². The van der Waals surface area contributed by atoms with Crippen molar-refractivity contribution >= 4 is 49.1 Å². The first-order valence-corrected chi connectivity index (χ1v) is 27.6. The third kappa shape index (κ3) is 17.9. The fourth-order valence-corrected chi connectivity index (χ4v) is 17.5. The molecule has 1 aliphatic heterocycles. The molecule has 354 valence electrons. The van der Waals surface area contributed by atoms with E-state index in [2.05, 4.69) is 168 Å². The summed E-state index contributed by atoms with van der Waals surface area (Å²) < 4.78 is 18.7. The summed E-state index contributed by atoms with van der Waals surface area (Å²) in [6.45, 7) is 25.4. The highest BCUT2D eigenvalue weighted by Gasteiger charge is 2.51. The van der Waals surface area contributed by atoms with E-state index in [4.69, 9.17) is 18.7 Å². The number of nitrogens with zero attached hydrogens (tertiary/aromatic N) is 2. The molecule has 5 rings (SSSR count). The lowest BCUT2D eigenvalue weighted by atomic mass is 10.2. The molecule has 0 aliphatic carbocycles. The second-order valence-electron chi connectivity index (χ2n) is 18.5. The van der Waals surface area contributed by atoms with Gasteiger partial charge in [-0.15, -0.1) is 0 Å². The average molecular weight is 913 g/mol. The van der Waals surface area contributed by atoms with Crippen molar-refractivity contribution in [2.45, 2.75) is 117 Å². The van der Waals surface area contributed by atoms with Crippen LogP contribution in [0.1, 0.15) is 107 Å². The molecule has 1 saturated heterocycles. The van der Waals surface area contributed by atoms with Crippen LogP contribution in [0.2, 0.25) is 10.1 Å². The van der Waals surface area contributed by atoms with Crippen LogP contribution < -0.4 is 20.7 Å². The Labute approximate surface area is 391 Å². The zero-order chi connectivity index (χ0) is 47.5. The molecular formula is C54H84N2O6Si2. The number of Topliss-reactive ketones (excluding diaryl/α,β-unsaturated/α-hetero) is 1. The van der Waals surface area contributed by atoms with E-state index < -0.39 is 22.6 Å². The number of carbonyl (C=O) groups excluding carboxylic acids is 1. The molecule has 1 aliphatic rings. The van der Waals surface area contributed by atoms with Gasteiger partial charge in [-0.25, -0.2) is 0 Å². The van der Waals surface area contributed by atoms with Crippen LogP contribution >= 0.6 is 0 Å². The zero-order valence-corrected chi connectivity index (χ0v) is 43.5. The molecular weight excluding hydrogens is 829 g/mol. The Balaban J connectivity index is 0.000000382. The lowest BCUT2D eigenvalue weighted by Crippen LogP contribution is -2.66. The highest BCUT2D eigenvalue weighted by Crippen LogP contribution is 2.38. The lowest BCUT2D eigenvalue weighted by molar-refractivity contribution is -0.138. The van der Waals surface area contributed by atoms with E-state index in [0.29, 0.717) is 25.4 Å². The topological polar surface area (TPSA) is 88.5 Å². The van der Waals surface area contributed by atoms with Gasteiger partial charge in [-0.2, -0.15) is 0 Å². The minimum atomic E-state index is -2.46. The normalized spacial score (nSPS) is 13.0. The summed E-state index contributed by atoms with van der Waals surface area (Å²) in [4.78, 5) is 26.4. The Morgan fingerprint density at radius 3 is 1.12 bits per heavy atom. The van der Waals surface area contributed by atoms with Crippen molar-refractivity contribution in [2.24, 2.45) is 0 Å². The largest absolute Gasteiger partial charge is 0.480 e. The molecule has 1 fully saturated rings. The molecule has 0 atom stereocenters. The molecule has 0 spiro atoms. The molecule has 0 bridgehead atoms. The Hall–Kier alpha value is -3.75. The maximum Gasteiger partial charge on any atom is 0.317 e. The predicted molar refractivity (Wildman–Crippen MR) is 275 cm³/mol. The molecule has 10 heteroatoms. The average Bonchev–Trinajstić information content (AvgIpc) is 3.88. The highest BCUT2D eigenvalue weighted by atomic mass is 28.4. The summed E-state index contributed by atoms with van der Waals surface area (Å²) in [5.74, 6) is -0.484. The number of unbranched alkanes of at least 4 members (excludes halogenated alkanes) is 2. The second-order valence-corrected chi connectivity index (χ2v) is 27.1. The molecule has 1 N–H and O–H groups in total. The first-order valence-electron chi connectivity index (χ1n) is 23.8. The van der Waals surface area contributed by atoms with Gasteiger partial charge in [0.15, 0.2) is 0 Å². The minimum absolute atomic E-state index is 0.0139. The van der Waals surface area contributed by atoms with E-state index in [1.54, 1.807) is 0 Å².